The van der Waals surface area contributed by atoms with E-state index in [1.807, 2.05) is 12.1 Å². The van der Waals surface area contributed by atoms with E-state index in [0.717, 1.165) is 12.8 Å². The topological polar surface area (TPSA) is 73.9 Å². The monoisotopic (exact) mass is 290 g/mol. The zero-order chi connectivity index (χ0) is 16.0. The minimum Gasteiger partial charge on any atom is -0.461 e. The van der Waals surface area contributed by atoms with Gasteiger partial charge >= 0.3 is 5.97 Å². The van der Waals surface area contributed by atoms with Crippen molar-refractivity contribution in [2.75, 3.05) is 0 Å². The highest BCUT2D eigenvalue weighted by Crippen LogP contribution is 2.37. The van der Waals surface area contributed by atoms with Crippen LogP contribution in [0.2, 0.25) is 0 Å². The number of rotatable bonds is 5. The maximum atomic E-state index is 12.4. The summed E-state index contributed by atoms with van der Waals surface area (Å²) < 4.78 is 5.72. The Bertz CT molecular complexity index is 447. The van der Waals surface area contributed by atoms with Crippen molar-refractivity contribution in [3.05, 3.63) is 0 Å². The van der Waals surface area contributed by atoms with Gasteiger partial charge in [-0.1, -0.05) is 27.2 Å². The van der Waals surface area contributed by atoms with Gasteiger partial charge in [0.05, 0.1) is 12.1 Å². The summed E-state index contributed by atoms with van der Waals surface area (Å²) in [5.74, 6) is 0.905. The minimum absolute atomic E-state index is 0.101. The molecule has 1 aliphatic rings. The van der Waals surface area contributed by atoms with Crippen LogP contribution in [0.5, 0.6) is 0 Å². The highest BCUT2D eigenvalue weighted by molar-refractivity contribution is 5.79. The van der Waals surface area contributed by atoms with Gasteiger partial charge in [-0.2, -0.15) is 10.5 Å². The number of ether oxygens (including phenoxy) is 1. The Morgan fingerprint density at radius 2 is 2.05 bits per heavy atom. The molecule has 0 aromatic rings. The van der Waals surface area contributed by atoms with Gasteiger partial charge in [-0.05, 0) is 43.9 Å². The van der Waals surface area contributed by atoms with Gasteiger partial charge in [-0.3, -0.25) is 4.79 Å². The maximum Gasteiger partial charge on any atom is 0.326 e. The fraction of sp³-hybridized carbons (Fsp3) is 0.824. The van der Waals surface area contributed by atoms with Crippen LogP contribution in [0.4, 0.5) is 0 Å². The third kappa shape index (κ3) is 4.46. The highest BCUT2D eigenvalue weighted by atomic mass is 16.5. The molecule has 0 N–H and O–H groups in total. The van der Waals surface area contributed by atoms with E-state index in [2.05, 4.69) is 20.8 Å². The zero-order valence-corrected chi connectivity index (χ0v) is 13.6. The van der Waals surface area contributed by atoms with Gasteiger partial charge in [0.15, 0.2) is 5.41 Å². The Kier molecular flexibility index (Phi) is 6.21. The molecule has 0 aromatic carbocycles. The number of nitriles is 2. The van der Waals surface area contributed by atoms with Crippen LogP contribution >= 0.6 is 0 Å². The fourth-order valence-corrected chi connectivity index (χ4v) is 3.03. The van der Waals surface area contributed by atoms with Crippen molar-refractivity contribution in [3.8, 4) is 12.1 Å². The molecule has 1 rings (SSSR count). The molecule has 21 heavy (non-hydrogen) atoms. The van der Waals surface area contributed by atoms with Crippen molar-refractivity contribution in [1.29, 1.82) is 10.5 Å². The molecule has 0 aromatic heterocycles. The summed E-state index contributed by atoms with van der Waals surface area (Å²) in [5.41, 5.74) is -1.21. The van der Waals surface area contributed by atoms with Gasteiger partial charge in [0.2, 0.25) is 0 Å². The lowest BCUT2D eigenvalue weighted by molar-refractivity contribution is -0.164. The second kappa shape index (κ2) is 7.46. The summed E-state index contributed by atoms with van der Waals surface area (Å²) in [6.07, 6.45) is 3.42. The lowest BCUT2D eigenvalue weighted by atomic mass is 9.75. The van der Waals surface area contributed by atoms with Crippen molar-refractivity contribution in [3.63, 3.8) is 0 Å². The van der Waals surface area contributed by atoms with Gasteiger partial charge < -0.3 is 4.74 Å². The average molecular weight is 290 g/mol. The summed E-state index contributed by atoms with van der Waals surface area (Å²) in [6.45, 7) is 8.06. The first-order valence-electron chi connectivity index (χ1n) is 7.83. The Hall–Kier alpha value is -1.55. The van der Waals surface area contributed by atoms with Crippen molar-refractivity contribution < 1.29 is 9.53 Å². The first-order valence-corrected chi connectivity index (χ1v) is 7.83. The second-order valence-electron chi connectivity index (χ2n) is 6.87. The molecule has 1 aliphatic carbocycles. The van der Waals surface area contributed by atoms with Crippen molar-refractivity contribution >= 4 is 5.97 Å². The van der Waals surface area contributed by atoms with E-state index in [0.29, 0.717) is 17.8 Å². The molecule has 0 saturated heterocycles. The van der Waals surface area contributed by atoms with Crippen LogP contribution < -0.4 is 0 Å². The van der Waals surface area contributed by atoms with Gasteiger partial charge in [0.1, 0.15) is 6.10 Å². The van der Waals surface area contributed by atoms with Crippen LogP contribution in [0.3, 0.4) is 0 Å². The van der Waals surface area contributed by atoms with Crippen molar-refractivity contribution in [2.24, 2.45) is 23.2 Å². The van der Waals surface area contributed by atoms with E-state index in [9.17, 15) is 10.1 Å². The third-order valence-electron chi connectivity index (χ3n) is 4.65. The van der Waals surface area contributed by atoms with Gasteiger partial charge in [-0.25, -0.2) is 0 Å². The number of carbonyl (C=O) groups excluding carboxylic acids is 1. The largest absolute Gasteiger partial charge is 0.461 e. The molecule has 1 saturated carbocycles. The number of hydrogen-bond acceptors (Lipinski definition) is 4. The molecule has 4 heteroatoms. The summed E-state index contributed by atoms with van der Waals surface area (Å²) in [5, 5.41) is 17.9. The highest BCUT2D eigenvalue weighted by Gasteiger charge is 2.40. The fourth-order valence-electron chi connectivity index (χ4n) is 3.03. The Balaban J connectivity index is 2.78. The molecule has 0 bridgehead atoms. The molecular weight excluding hydrogens is 264 g/mol. The average Bonchev–Trinajstić information content (AvgIpc) is 2.44. The first kappa shape index (κ1) is 17.5. The first-order chi connectivity index (χ1) is 9.84. The summed E-state index contributed by atoms with van der Waals surface area (Å²) in [6, 6.07) is 4.02. The number of hydrogen-bond donors (Lipinski definition) is 0. The van der Waals surface area contributed by atoms with Crippen molar-refractivity contribution in [2.45, 2.75) is 65.9 Å². The quantitative estimate of drug-likeness (QED) is 0.721. The minimum atomic E-state index is -1.21. The summed E-state index contributed by atoms with van der Waals surface area (Å²) >= 11 is 0. The van der Waals surface area contributed by atoms with Crippen LogP contribution in [0.15, 0.2) is 0 Å². The molecular formula is C17H26N2O2. The standard InChI is InChI=1S/C17H26N2O2/c1-12(2)14-7-6-13(3)10-15(14)21-16(20)17(4,11-19)8-5-9-18/h12-15H,5-8,10H2,1-4H3. The molecule has 0 amide bonds. The molecule has 0 spiro atoms. The normalized spacial score (nSPS) is 28.2. The molecule has 1 fully saturated rings. The van der Waals surface area contributed by atoms with Gasteiger partial charge in [0.25, 0.3) is 0 Å². The van der Waals surface area contributed by atoms with E-state index in [1.54, 1.807) is 6.92 Å². The molecule has 4 atom stereocenters. The Morgan fingerprint density at radius 3 is 2.57 bits per heavy atom. The van der Waals surface area contributed by atoms with Crippen LogP contribution in [-0.4, -0.2) is 12.1 Å². The Morgan fingerprint density at radius 1 is 1.38 bits per heavy atom. The lowest BCUT2D eigenvalue weighted by Crippen LogP contribution is -2.39. The van der Waals surface area contributed by atoms with Crippen LogP contribution in [-0.2, 0) is 9.53 Å². The van der Waals surface area contributed by atoms with Crippen LogP contribution in [0, 0.1) is 45.8 Å². The van der Waals surface area contributed by atoms with E-state index in [-0.39, 0.29) is 18.9 Å². The molecule has 116 valence electrons. The molecule has 4 unspecified atom stereocenters. The van der Waals surface area contributed by atoms with Gasteiger partial charge in [-0.15, -0.1) is 0 Å². The molecule has 0 aliphatic heterocycles. The van der Waals surface area contributed by atoms with E-state index in [4.69, 9.17) is 10.00 Å². The van der Waals surface area contributed by atoms with E-state index in [1.165, 1.54) is 6.42 Å². The second-order valence-corrected chi connectivity index (χ2v) is 6.87. The Labute approximate surface area is 128 Å². The van der Waals surface area contributed by atoms with Crippen LogP contribution in [0.25, 0.3) is 0 Å². The number of esters is 1. The lowest BCUT2D eigenvalue weighted by Gasteiger charge is -2.37. The smallest absolute Gasteiger partial charge is 0.326 e. The molecule has 0 heterocycles. The van der Waals surface area contributed by atoms with E-state index >= 15 is 0 Å². The summed E-state index contributed by atoms with van der Waals surface area (Å²) in [7, 11) is 0. The summed E-state index contributed by atoms with van der Waals surface area (Å²) in [4.78, 5) is 12.4. The number of carbonyl (C=O) groups is 1. The predicted octanol–water partition coefficient (Wildman–Crippen LogP) is 3.82. The molecule has 0 radical (unpaired) electrons. The van der Waals surface area contributed by atoms with Gasteiger partial charge in [0, 0.05) is 6.42 Å². The van der Waals surface area contributed by atoms with Crippen LogP contribution in [0.1, 0.15) is 59.8 Å². The zero-order valence-electron chi connectivity index (χ0n) is 13.6. The number of nitrogens with zero attached hydrogens (tertiary/aromatic N) is 2. The van der Waals surface area contributed by atoms with E-state index < -0.39 is 11.4 Å². The van der Waals surface area contributed by atoms with Crippen molar-refractivity contribution in [1.82, 2.24) is 0 Å². The third-order valence-corrected chi connectivity index (χ3v) is 4.65. The predicted molar refractivity (Wildman–Crippen MR) is 79.8 cm³/mol. The SMILES string of the molecule is CC1CCC(C(C)C)C(OC(=O)C(C)(C#N)CCC#N)C1. The maximum absolute atomic E-state index is 12.4. The molecule has 4 nitrogen and oxygen atoms in total.